The SMILES string of the molecule is COc1ccc(NC(=O)c2cc(OC)c3c(c2)OCO3)cc1. The molecule has 1 heterocycles. The Kier molecular flexibility index (Phi) is 3.74. The minimum absolute atomic E-state index is 0.120. The van der Waals surface area contributed by atoms with Gasteiger partial charge in [0.15, 0.2) is 11.5 Å². The number of anilines is 1. The Morgan fingerprint density at radius 1 is 1.09 bits per heavy atom. The fourth-order valence-electron chi connectivity index (χ4n) is 2.14. The molecular formula is C16H15NO5. The number of fused-ring (bicyclic) bond motifs is 1. The molecule has 22 heavy (non-hydrogen) atoms. The summed E-state index contributed by atoms with van der Waals surface area (Å²) >= 11 is 0. The summed E-state index contributed by atoms with van der Waals surface area (Å²) in [4.78, 5) is 12.3. The van der Waals surface area contributed by atoms with Crippen LogP contribution in [0.15, 0.2) is 36.4 Å². The van der Waals surface area contributed by atoms with Gasteiger partial charge in [0.05, 0.1) is 14.2 Å². The van der Waals surface area contributed by atoms with Crippen molar-refractivity contribution in [3.63, 3.8) is 0 Å². The van der Waals surface area contributed by atoms with Crippen molar-refractivity contribution < 1.29 is 23.7 Å². The summed E-state index contributed by atoms with van der Waals surface area (Å²) in [6.07, 6.45) is 0. The Morgan fingerprint density at radius 2 is 1.86 bits per heavy atom. The predicted octanol–water partition coefficient (Wildman–Crippen LogP) is 2.68. The summed E-state index contributed by atoms with van der Waals surface area (Å²) in [5, 5.41) is 2.81. The molecule has 0 saturated heterocycles. The topological polar surface area (TPSA) is 66.0 Å². The van der Waals surface area contributed by atoms with Gasteiger partial charge in [-0.15, -0.1) is 0 Å². The summed E-state index contributed by atoms with van der Waals surface area (Å²) < 4.78 is 20.9. The second-order valence-electron chi connectivity index (χ2n) is 4.59. The minimum Gasteiger partial charge on any atom is -0.497 e. The number of methoxy groups -OCH3 is 2. The number of carbonyl (C=O) groups is 1. The molecule has 6 heteroatoms. The Balaban J connectivity index is 1.82. The van der Waals surface area contributed by atoms with Gasteiger partial charge in [0.1, 0.15) is 5.75 Å². The number of ether oxygens (including phenoxy) is 4. The summed E-state index contributed by atoms with van der Waals surface area (Å²) in [5.74, 6) is 1.95. The molecule has 0 fully saturated rings. The molecule has 0 aromatic heterocycles. The third-order valence-electron chi connectivity index (χ3n) is 3.27. The summed E-state index contributed by atoms with van der Waals surface area (Å²) in [7, 11) is 3.11. The van der Waals surface area contributed by atoms with E-state index in [1.807, 2.05) is 0 Å². The molecule has 3 rings (SSSR count). The third-order valence-corrected chi connectivity index (χ3v) is 3.27. The van der Waals surface area contributed by atoms with Crippen molar-refractivity contribution >= 4 is 11.6 Å². The largest absolute Gasteiger partial charge is 0.497 e. The average Bonchev–Trinajstić information content (AvgIpc) is 3.03. The maximum Gasteiger partial charge on any atom is 0.255 e. The highest BCUT2D eigenvalue weighted by molar-refractivity contribution is 6.05. The Labute approximate surface area is 127 Å². The van der Waals surface area contributed by atoms with Crippen LogP contribution in [0.2, 0.25) is 0 Å². The quantitative estimate of drug-likeness (QED) is 0.940. The van der Waals surface area contributed by atoms with Gasteiger partial charge in [-0.1, -0.05) is 0 Å². The van der Waals surface area contributed by atoms with E-state index in [9.17, 15) is 4.79 Å². The van der Waals surface area contributed by atoms with Crippen molar-refractivity contribution in [2.24, 2.45) is 0 Å². The van der Waals surface area contributed by atoms with E-state index in [0.717, 1.165) is 5.75 Å². The van der Waals surface area contributed by atoms with E-state index in [0.29, 0.717) is 28.5 Å². The number of benzene rings is 2. The molecule has 1 aliphatic heterocycles. The maximum absolute atomic E-state index is 12.3. The maximum atomic E-state index is 12.3. The third kappa shape index (κ3) is 2.63. The summed E-state index contributed by atoms with van der Waals surface area (Å²) in [6, 6.07) is 10.3. The zero-order chi connectivity index (χ0) is 15.5. The average molecular weight is 301 g/mol. The second-order valence-corrected chi connectivity index (χ2v) is 4.59. The number of carbonyl (C=O) groups excluding carboxylic acids is 1. The molecule has 1 N–H and O–H groups in total. The van der Waals surface area contributed by atoms with Crippen LogP contribution < -0.4 is 24.3 Å². The van der Waals surface area contributed by atoms with E-state index in [-0.39, 0.29) is 12.7 Å². The Morgan fingerprint density at radius 3 is 2.55 bits per heavy atom. The van der Waals surface area contributed by atoms with Crippen molar-refractivity contribution in [2.75, 3.05) is 26.3 Å². The first-order valence-electron chi connectivity index (χ1n) is 6.64. The highest BCUT2D eigenvalue weighted by Gasteiger charge is 2.22. The zero-order valence-corrected chi connectivity index (χ0v) is 12.2. The van der Waals surface area contributed by atoms with Crippen molar-refractivity contribution in [1.29, 1.82) is 0 Å². The molecule has 114 valence electrons. The summed E-state index contributed by atoms with van der Waals surface area (Å²) in [6.45, 7) is 0.120. The Bertz CT molecular complexity index is 696. The van der Waals surface area contributed by atoms with Crippen LogP contribution in [0.25, 0.3) is 0 Å². The highest BCUT2D eigenvalue weighted by atomic mass is 16.7. The molecule has 6 nitrogen and oxygen atoms in total. The van der Waals surface area contributed by atoms with E-state index in [4.69, 9.17) is 18.9 Å². The van der Waals surface area contributed by atoms with Gasteiger partial charge < -0.3 is 24.3 Å². The van der Waals surface area contributed by atoms with Crippen molar-refractivity contribution in [2.45, 2.75) is 0 Å². The lowest BCUT2D eigenvalue weighted by molar-refractivity contribution is 0.102. The van der Waals surface area contributed by atoms with E-state index in [2.05, 4.69) is 5.32 Å². The molecule has 0 radical (unpaired) electrons. The molecule has 2 aromatic carbocycles. The number of nitrogens with one attached hydrogen (secondary N) is 1. The zero-order valence-electron chi connectivity index (χ0n) is 12.2. The van der Waals surface area contributed by atoms with E-state index in [1.165, 1.54) is 7.11 Å². The lowest BCUT2D eigenvalue weighted by Crippen LogP contribution is -2.12. The lowest BCUT2D eigenvalue weighted by Gasteiger charge is -2.09. The van der Waals surface area contributed by atoms with Gasteiger partial charge in [0.2, 0.25) is 12.5 Å². The molecule has 0 saturated carbocycles. The van der Waals surface area contributed by atoms with Gasteiger partial charge in [-0.25, -0.2) is 0 Å². The fourth-order valence-corrected chi connectivity index (χ4v) is 2.14. The van der Waals surface area contributed by atoms with Crippen LogP contribution in [-0.2, 0) is 0 Å². The van der Waals surface area contributed by atoms with Crippen LogP contribution in [0.1, 0.15) is 10.4 Å². The van der Waals surface area contributed by atoms with Crippen LogP contribution in [0.3, 0.4) is 0 Å². The first-order chi connectivity index (χ1) is 10.7. The van der Waals surface area contributed by atoms with E-state index >= 15 is 0 Å². The molecule has 0 atom stereocenters. The number of amides is 1. The van der Waals surface area contributed by atoms with Gasteiger partial charge in [-0.05, 0) is 36.4 Å². The summed E-state index contributed by atoms with van der Waals surface area (Å²) in [5.41, 5.74) is 1.10. The van der Waals surface area contributed by atoms with E-state index < -0.39 is 0 Å². The fraction of sp³-hybridized carbons (Fsp3) is 0.188. The molecule has 1 amide bonds. The monoisotopic (exact) mass is 301 g/mol. The van der Waals surface area contributed by atoms with Gasteiger partial charge in [-0.3, -0.25) is 4.79 Å². The first kappa shape index (κ1) is 14.1. The predicted molar refractivity (Wildman–Crippen MR) is 80.1 cm³/mol. The van der Waals surface area contributed by atoms with Crippen LogP contribution in [0, 0.1) is 0 Å². The van der Waals surface area contributed by atoms with Crippen LogP contribution >= 0.6 is 0 Å². The van der Waals surface area contributed by atoms with Gasteiger partial charge in [0.25, 0.3) is 5.91 Å². The van der Waals surface area contributed by atoms with Gasteiger partial charge in [-0.2, -0.15) is 0 Å². The van der Waals surface area contributed by atoms with Gasteiger partial charge >= 0.3 is 0 Å². The standard InChI is InChI=1S/C16H15NO5/c1-19-12-5-3-11(4-6-12)17-16(18)10-7-13(20-2)15-14(8-10)21-9-22-15/h3-8H,9H2,1-2H3,(H,17,18). The normalized spacial score (nSPS) is 11.9. The molecule has 1 aliphatic rings. The number of rotatable bonds is 4. The van der Waals surface area contributed by atoms with Gasteiger partial charge in [0, 0.05) is 11.3 Å². The molecule has 2 aromatic rings. The molecule has 0 spiro atoms. The van der Waals surface area contributed by atoms with Crippen LogP contribution in [0.5, 0.6) is 23.0 Å². The second kappa shape index (κ2) is 5.85. The molecule has 0 unspecified atom stereocenters. The van der Waals surface area contributed by atoms with E-state index in [1.54, 1.807) is 43.5 Å². The number of hydrogen-bond donors (Lipinski definition) is 1. The number of hydrogen-bond acceptors (Lipinski definition) is 5. The molecule has 0 bridgehead atoms. The van der Waals surface area contributed by atoms with Crippen LogP contribution in [-0.4, -0.2) is 26.9 Å². The highest BCUT2D eigenvalue weighted by Crippen LogP contribution is 2.41. The van der Waals surface area contributed by atoms with Crippen molar-refractivity contribution in [3.8, 4) is 23.0 Å². The molecule has 0 aliphatic carbocycles. The first-order valence-corrected chi connectivity index (χ1v) is 6.64. The Hall–Kier alpha value is -2.89. The molecular weight excluding hydrogens is 286 g/mol. The minimum atomic E-state index is -0.262. The van der Waals surface area contributed by atoms with Crippen molar-refractivity contribution in [1.82, 2.24) is 0 Å². The van der Waals surface area contributed by atoms with Crippen molar-refractivity contribution in [3.05, 3.63) is 42.0 Å². The lowest BCUT2D eigenvalue weighted by atomic mass is 10.1. The van der Waals surface area contributed by atoms with Crippen LogP contribution in [0.4, 0.5) is 5.69 Å². The smallest absolute Gasteiger partial charge is 0.255 e.